The summed E-state index contributed by atoms with van der Waals surface area (Å²) in [7, 11) is -3.76. The molecular formula is C23H19N5O4S. The Balaban J connectivity index is 1.56. The SMILES string of the molecule is NS(=O)(=O)c1ccc(CNC=C2C(=O)NC(=O)c3ccc(C=Cc4cnccn4)cc32)cc1. The third-order valence-electron chi connectivity index (χ3n) is 4.88. The number of nitrogens with one attached hydrogen (secondary N) is 2. The second-order valence-electron chi connectivity index (χ2n) is 7.18. The van der Waals surface area contributed by atoms with Crippen LogP contribution in [0.15, 0.2) is 72.2 Å². The maximum absolute atomic E-state index is 12.5. The van der Waals surface area contributed by atoms with Crippen LogP contribution in [0.2, 0.25) is 0 Å². The number of nitrogens with zero attached hydrogens (tertiary/aromatic N) is 2. The van der Waals surface area contributed by atoms with E-state index in [2.05, 4.69) is 20.6 Å². The summed E-state index contributed by atoms with van der Waals surface area (Å²) < 4.78 is 22.7. The maximum atomic E-state index is 12.5. The van der Waals surface area contributed by atoms with Gasteiger partial charge in [-0.2, -0.15) is 0 Å². The summed E-state index contributed by atoms with van der Waals surface area (Å²) >= 11 is 0. The van der Waals surface area contributed by atoms with Gasteiger partial charge in [-0.25, -0.2) is 13.6 Å². The van der Waals surface area contributed by atoms with Crippen LogP contribution < -0.4 is 15.8 Å². The molecule has 0 atom stereocenters. The van der Waals surface area contributed by atoms with Crippen molar-refractivity contribution in [2.75, 3.05) is 0 Å². The van der Waals surface area contributed by atoms with Gasteiger partial charge in [0.1, 0.15) is 0 Å². The molecule has 0 saturated heterocycles. The van der Waals surface area contributed by atoms with Crippen LogP contribution >= 0.6 is 0 Å². The number of sulfonamides is 1. The number of fused-ring (bicyclic) bond motifs is 1. The molecule has 9 nitrogen and oxygen atoms in total. The molecule has 0 bridgehead atoms. The summed E-state index contributed by atoms with van der Waals surface area (Å²) in [6.45, 7) is 0.331. The molecule has 10 heteroatoms. The van der Waals surface area contributed by atoms with Gasteiger partial charge >= 0.3 is 0 Å². The molecule has 2 amide bonds. The molecule has 4 rings (SSSR count). The quantitative estimate of drug-likeness (QED) is 0.374. The van der Waals surface area contributed by atoms with Gasteiger partial charge in [-0.3, -0.25) is 24.9 Å². The Bertz CT molecular complexity index is 1380. The van der Waals surface area contributed by atoms with Crippen molar-refractivity contribution in [2.45, 2.75) is 11.4 Å². The van der Waals surface area contributed by atoms with E-state index in [1.54, 1.807) is 55.0 Å². The van der Waals surface area contributed by atoms with E-state index in [9.17, 15) is 18.0 Å². The first-order valence-electron chi connectivity index (χ1n) is 9.81. The first-order valence-corrected chi connectivity index (χ1v) is 11.4. The molecule has 1 aromatic heterocycles. The number of benzene rings is 2. The van der Waals surface area contributed by atoms with Gasteiger partial charge in [0.15, 0.2) is 0 Å². The molecule has 0 radical (unpaired) electrons. The average molecular weight is 462 g/mol. The number of primary sulfonamides is 1. The molecule has 1 aliphatic rings. The smallest absolute Gasteiger partial charge is 0.260 e. The van der Waals surface area contributed by atoms with Crippen molar-refractivity contribution in [3.63, 3.8) is 0 Å². The molecule has 166 valence electrons. The lowest BCUT2D eigenvalue weighted by atomic mass is 9.93. The number of carbonyl (C=O) groups excluding carboxylic acids is 2. The van der Waals surface area contributed by atoms with E-state index in [0.29, 0.717) is 28.9 Å². The number of hydrogen-bond acceptors (Lipinski definition) is 7. The molecule has 0 saturated carbocycles. The zero-order chi connectivity index (χ0) is 23.4. The predicted molar refractivity (Wildman–Crippen MR) is 123 cm³/mol. The second kappa shape index (κ2) is 9.15. The Morgan fingerprint density at radius 2 is 1.76 bits per heavy atom. The molecular weight excluding hydrogens is 442 g/mol. The minimum Gasteiger partial charge on any atom is -0.386 e. The highest BCUT2D eigenvalue weighted by Crippen LogP contribution is 2.25. The van der Waals surface area contributed by atoms with E-state index in [4.69, 9.17) is 5.14 Å². The Morgan fingerprint density at radius 3 is 2.45 bits per heavy atom. The number of rotatable bonds is 6. The van der Waals surface area contributed by atoms with Gasteiger partial charge in [0, 0.05) is 36.3 Å². The lowest BCUT2D eigenvalue weighted by Crippen LogP contribution is -2.37. The number of nitrogens with two attached hydrogens (primary N) is 1. The topological polar surface area (TPSA) is 144 Å². The van der Waals surface area contributed by atoms with Gasteiger partial charge < -0.3 is 5.32 Å². The first-order chi connectivity index (χ1) is 15.8. The minimum atomic E-state index is -3.76. The van der Waals surface area contributed by atoms with Crippen LogP contribution in [0.3, 0.4) is 0 Å². The van der Waals surface area contributed by atoms with Crippen LogP contribution in [0.4, 0.5) is 0 Å². The van der Waals surface area contributed by atoms with Crippen LogP contribution in [-0.2, 0) is 21.4 Å². The third kappa shape index (κ3) is 5.20. The Kier molecular flexibility index (Phi) is 6.11. The normalized spacial score (nSPS) is 14.9. The van der Waals surface area contributed by atoms with E-state index in [0.717, 1.165) is 11.1 Å². The van der Waals surface area contributed by atoms with Crippen LogP contribution in [0.5, 0.6) is 0 Å². The molecule has 0 aliphatic carbocycles. The molecule has 2 heterocycles. The molecule has 4 N–H and O–H groups in total. The number of aromatic nitrogens is 2. The van der Waals surface area contributed by atoms with Crippen molar-refractivity contribution in [3.05, 3.63) is 95.2 Å². The monoisotopic (exact) mass is 461 g/mol. The number of imide groups is 1. The average Bonchev–Trinajstić information content (AvgIpc) is 2.80. The summed E-state index contributed by atoms with van der Waals surface area (Å²) in [5, 5.41) is 10.5. The van der Waals surface area contributed by atoms with E-state index < -0.39 is 21.8 Å². The predicted octanol–water partition coefficient (Wildman–Crippen LogP) is 1.70. The van der Waals surface area contributed by atoms with E-state index in [1.165, 1.54) is 18.3 Å². The zero-order valence-electron chi connectivity index (χ0n) is 17.2. The summed E-state index contributed by atoms with van der Waals surface area (Å²) in [5.74, 6) is -0.977. The highest BCUT2D eigenvalue weighted by molar-refractivity contribution is 7.89. The van der Waals surface area contributed by atoms with Crippen molar-refractivity contribution in [2.24, 2.45) is 5.14 Å². The van der Waals surface area contributed by atoms with Crippen LogP contribution in [0.25, 0.3) is 17.7 Å². The second-order valence-corrected chi connectivity index (χ2v) is 8.74. The standard InChI is InChI=1S/C23H19N5O4S/c24-33(31,32)18-6-2-16(3-7-18)12-26-14-21-20-11-15(1-5-17-13-25-9-10-27-17)4-8-19(20)22(29)28-23(21)30/h1-11,13-14,26H,12H2,(H2,24,31,32)(H,28,29,30). The van der Waals surface area contributed by atoms with Gasteiger partial charge in [-0.05, 0) is 41.5 Å². The first kappa shape index (κ1) is 22.1. The maximum Gasteiger partial charge on any atom is 0.260 e. The fourth-order valence-corrected chi connectivity index (χ4v) is 3.75. The van der Waals surface area contributed by atoms with Gasteiger partial charge in [0.25, 0.3) is 11.8 Å². The molecule has 0 spiro atoms. The van der Waals surface area contributed by atoms with Crippen LogP contribution in [0.1, 0.15) is 32.7 Å². The van der Waals surface area contributed by atoms with Gasteiger partial charge in [-0.1, -0.05) is 24.3 Å². The summed E-state index contributed by atoms with van der Waals surface area (Å²) in [5.41, 5.74) is 3.44. The third-order valence-corrected chi connectivity index (χ3v) is 5.81. The number of hydrogen-bond donors (Lipinski definition) is 3. The zero-order valence-corrected chi connectivity index (χ0v) is 18.0. The molecule has 0 unspecified atom stereocenters. The fourth-order valence-electron chi connectivity index (χ4n) is 3.24. The minimum absolute atomic E-state index is 0.0192. The van der Waals surface area contributed by atoms with Gasteiger partial charge in [0.2, 0.25) is 10.0 Å². The lowest BCUT2D eigenvalue weighted by Gasteiger charge is -2.19. The molecule has 1 aliphatic heterocycles. The highest BCUT2D eigenvalue weighted by atomic mass is 32.2. The fraction of sp³-hybridized carbons (Fsp3) is 0.0435. The van der Waals surface area contributed by atoms with Crippen LogP contribution in [0, 0.1) is 0 Å². The van der Waals surface area contributed by atoms with Gasteiger partial charge in [-0.15, -0.1) is 0 Å². The Hall–Kier alpha value is -4.15. The van der Waals surface area contributed by atoms with Crippen LogP contribution in [-0.4, -0.2) is 30.2 Å². The molecule has 2 aromatic carbocycles. The molecule has 3 aromatic rings. The van der Waals surface area contributed by atoms with Crippen molar-refractivity contribution >= 4 is 39.6 Å². The Labute approximate surface area is 190 Å². The van der Waals surface area contributed by atoms with Crippen molar-refractivity contribution in [1.82, 2.24) is 20.6 Å². The van der Waals surface area contributed by atoms with E-state index in [-0.39, 0.29) is 4.90 Å². The van der Waals surface area contributed by atoms with Crippen molar-refractivity contribution in [1.29, 1.82) is 0 Å². The Morgan fingerprint density at radius 1 is 0.970 bits per heavy atom. The lowest BCUT2D eigenvalue weighted by molar-refractivity contribution is -0.114. The number of amides is 2. The summed E-state index contributed by atoms with van der Waals surface area (Å²) in [4.78, 5) is 33.0. The largest absolute Gasteiger partial charge is 0.386 e. The highest BCUT2D eigenvalue weighted by Gasteiger charge is 2.27. The summed E-state index contributed by atoms with van der Waals surface area (Å²) in [6, 6.07) is 11.3. The molecule has 0 fully saturated rings. The molecule has 33 heavy (non-hydrogen) atoms. The summed E-state index contributed by atoms with van der Waals surface area (Å²) in [6.07, 6.45) is 9.93. The van der Waals surface area contributed by atoms with Crippen molar-refractivity contribution in [3.8, 4) is 0 Å². The van der Waals surface area contributed by atoms with Gasteiger partial charge in [0.05, 0.1) is 22.4 Å². The number of carbonyl (C=O) groups is 2. The van der Waals surface area contributed by atoms with E-state index >= 15 is 0 Å². The van der Waals surface area contributed by atoms with Crippen molar-refractivity contribution < 1.29 is 18.0 Å². The van der Waals surface area contributed by atoms with E-state index in [1.807, 2.05) is 6.08 Å².